The first kappa shape index (κ1) is 23.4. The highest BCUT2D eigenvalue weighted by atomic mass is 32.1. The fraction of sp³-hybridized carbons (Fsp3) is 0.192. The Kier molecular flexibility index (Phi) is 6.61. The Bertz CT molecular complexity index is 1290. The molecule has 6 nitrogen and oxygen atoms in total. The molecule has 4 rings (SSSR count). The van der Waals surface area contributed by atoms with Gasteiger partial charge in [0, 0.05) is 27.9 Å². The molecule has 0 saturated carbocycles. The van der Waals surface area contributed by atoms with Crippen molar-refractivity contribution in [1.82, 2.24) is 10.3 Å². The summed E-state index contributed by atoms with van der Waals surface area (Å²) in [7, 11) is 2.62. The largest absolute Gasteiger partial charge is 0.466 e. The predicted octanol–water partition coefficient (Wildman–Crippen LogP) is 5.20. The normalized spacial score (nSPS) is 14.1. The zero-order valence-electron chi connectivity index (χ0n) is 19.1. The van der Waals surface area contributed by atoms with Crippen LogP contribution in [0.15, 0.2) is 76.5 Å². The Labute approximate surface area is 200 Å². The second kappa shape index (κ2) is 9.61. The Hall–Kier alpha value is -3.78. The summed E-state index contributed by atoms with van der Waals surface area (Å²) < 4.78 is 23.5. The number of rotatable bonds is 5. The molecule has 8 heteroatoms. The summed E-state index contributed by atoms with van der Waals surface area (Å²) in [5.74, 6) is -2.10. The molecule has 174 valence electrons. The van der Waals surface area contributed by atoms with E-state index in [1.165, 1.54) is 37.7 Å². The smallest absolute Gasteiger partial charge is 0.336 e. The van der Waals surface area contributed by atoms with Crippen molar-refractivity contribution in [2.75, 3.05) is 14.2 Å². The summed E-state index contributed by atoms with van der Waals surface area (Å²) in [5.41, 5.74) is 4.86. The third kappa shape index (κ3) is 4.24. The Morgan fingerprint density at radius 3 is 2.12 bits per heavy atom. The molecule has 1 N–H and O–H groups in total. The molecule has 1 aliphatic rings. The van der Waals surface area contributed by atoms with E-state index in [2.05, 4.69) is 5.32 Å². The highest BCUT2D eigenvalue weighted by molar-refractivity contribution is 7.13. The van der Waals surface area contributed by atoms with Crippen molar-refractivity contribution in [3.63, 3.8) is 0 Å². The third-order valence-corrected chi connectivity index (χ3v) is 6.59. The molecule has 0 amide bonds. The molecular formula is C26H23FN2O4S. The number of halogens is 1. The number of ether oxygens (including phenoxy) is 2. The van der Waals surface area contributed by atoms with Crippen molar-refractivity contribution in [2.45, 2.75) is 19.8 Å². The monoisotopic (exact) mass is 478 g/mol. The number of methoxy groups -OCH3 is 2. The van der Waals surface area contributed by atoms with Crippen LogP contribution in [0.25, 0.3) is 21.8 Å². The van der Waals surface area contributed by atoms with Gasteiger partial charge in [0.15, 0.2) is 0 Å². The lowest BCUT2D eigenvalue weighted by molar-refractivity contribution is -0.137. The van der Waals surface area contributed by atoms with Gasteiger partial charge in [-0.15, -0.1) is 11.3 Å². The van der Waals surface area contributed by atoms with E-state index in [-0.39, 0.29) is 5.82 Å². The van der Waals surface area contributed by atoms with Gasteiger partial charge in [0.25, 0.3) is 0 Å². The summed E-state index contributed by atoms with van der Waals surface area (Å²) in [6.07, 6.45) is 0. The zero-order valence-corrected chi connectivity index (χ0v) is 20.0. The molecule has 0 fully saturated rings. The zero-order chi connectivity index (χ0) is 24.4. The predicted molar refractivity (Wildman–Crippen MR) is 128 cm³/mol. The summed E-state index contributed by atoms with van der Waals surface area (Å²) in [6, 6.07) is 13.6. The Morgan fingerprint density at radius 1 is 0.941 bits per heavy atom. The average Bonchev–Trinajstić information content (AvgIpc) is 3.33. The van der Waals surface area contributed by atoms with Crippen LogP contribution >= 0.6 is 11.3 Å². The quantitative estimate of drug-likeness (QED) is 0.508. The topological polar surface area (TPSA) is 77.5 Å². The third-order valence-electron chi connectivity index (χ3n) is 5.72. The van der Waals surface area contributed by atoms with Crippen LogP contribution in [0, 0.1) is 5.82 Å². The van der Waals surface area contributed by atoms with Crippen LogP contribution in [0.4, 0.5) is 4.39 Å². The molecule has 0 spiro atoms. The van der Waals surface area contributed by atoms with Gasteiger partial charge in [0.2, 0.25) is 0 Å². The van der Waals surface area contributed by atoms with Crippen molar-refractivity contribution in [3.05, 3.63) is 87.8 Å². The summed E-state index contributed by atoms with van der Waals surface area (Å²) in [4.78, 5) is 30.5. The second-order valence-electron chi connectivity index (χ2n) is 7.75. The molecule has 0 bridgehead atoms. The lowest BCUT2D eigenvalue weighted by Crippen LogP contribution is -2.32. The molecule has 3 aromatic rings. The van der Waals surface area contributed by atoms with Crippen LogP contribution in [0.5, 0.6) is 0 Å². The molecule has 1 aliphatic heterocycles. The van der Waals surface area contributed by atoms with Crippen molar-refractivity contribution in [3.8, 4) is 21.8 Å². The minimum Gasteiger partial charge on any atom is -0.466 e. The number of dihydropyridines is 1. The van der Waals surface area contributed by atoms with Gasteiger partial charge in [-0.25, -0.2) is 19.0 Å². The van der Waals surface area contributed by atoms with Crippen molar-refractivity contribution in [2.24, 2.45) is 0 Å². The first-order valence-corrected chi connectivity index (χ1v) is 11.4. The van der Waals surface area contributed by atoms with Crippen LogP contribution in [0.1, 0.15) is 25.3 Å². The number of nitrogens with one attached hydrogen (secondary N) is 1. The number of aromatic nitrogens is 1. The summed E-state index contributed by atoms with van der Waals surface area (Å²) in [5, 5.41) is 5.71. The van der Waals surface area contributed by atoms with E-state index in [0.29, 0.717) is 33.2 Å². The maximum absolute atomic E-state index is 13.3. The number of esters is 2. The fourth-order valence-corrected chi connectivity index (χ4v) is 5.04. The second-order valence-corrected chi connectivity index (χ2v) is 8.61. The molecule has 0 radical (unpaired) electrons. The molecule has 2 heterocycles. The molecule has 0 unspecified atom stereocenters. The van der Waals surface area contributed by atoms with Gasteiger partial charge < -0.3 is 14.8 Å². The Morgan fingerprint density at radius 2 is 1.53 bits per heavy atom. The van der Waals surface area contributed by atoms with Crippen molar-refractivity contribution < 1.29 is 23.5 Å². The van der Waals surface area contributed by atoms with Gasteiger partial charge in [-0.05, 0) is 43.7 Å². The molecule has 1 aromatic heterocycles. The minimum absolute atomic E-state index is 0.314. The van der Waals surface area contributed by atoms with Gasteiger partial charge >= 0.3 is 11.9 Å². The first-order valence-electron chi connectivity index (χ1n) is 10.5. The van der Waals surface area contributed by atoms with E-state index < -0.39 is 17.9 Å². The Balaban J connectivity index is 1.89. The van der Waals surface area contributed by atoms with Gasteiger partial charge in [-0.1, -0.05) is 24.3 Å². The lowest BCUT2D eigenvalue weighted by Gasteiger charge is -2.31. The van der Waals surface area contributed by atoms with E-state index in [4.69, 9.17) is 14.5 Å². The van der Waals surface area contributed by atoms with Crippen LogP contribution in [0.2, 0.25) is 0 Å². The average molecular weight is 479 g/mol. The number of hydrogen-bond acceptors (Lipinski definition) is 7. The highest BCUT2D eigenvalue weighted by Gasteiger charge is 2.38. The van der Waals surface area contributed by atoms with E-state index in [0.717, 1.165) is 16.7 Å². The standard InChI is InChI=1S/C26H23FN2O4S/c1-14-21(25(30)32-3)23(22(15(2)28-14)26(31)33-4)18-7-5-6-8-19(18)24-29-20(13-34-24)16-9-11-17(27)12-10-16/h5-13,23,28H,1-4H3. The van der Waals surface area contributed by atoms with Gasteiger partial charge in [0.05, 0.1) is 37.0 Å². The SMILES string of the molecule is COC(=O)C1=C(C)NC(C)=C(C(=O)OC)C1c1ccccc1-c1nc(-c2ccc(F)cc2)cs1. The van der Waals surface area contributed by atoms with Crippen LogP contribution < -0.4 is 5.32 Å². The number of allylic oxidation sites excluding steroid dienone is 2. The van der Waals surface area contributed by atoms with E-state index in [9.17, 15) is 14.0 Å². The highest BCUT2D eigenvalue weighted by Crippen LogP contribution is 2.43. The van der Waals surface area contributed by atoms with Gasteiger partial charge in [-0.2, -0.15) is 0 Å². The van der Waals surface area contributed by atoms with Gasteiger partial charge in [-0.3, -0.25) is 0 Å². The number of nitrogens with zero attached hydrogens (tertiary/aromatic N) is 1. The minimum atomic E-state index is -0.712. The number of thiazole rings is 1. The molecule has 2 aromatic carbocycles. The molecule has 0 atom stereocenters. The fourth-order valence-electron chi connectivity index (χ4n) is 4.16. The molecule has 0 saturated heterocycles. The van der Waals surface area contributed by atoms with Crippen LogP contribution in [-0.2, 0) is 19.1 Å². The lowest BCUT2D eigenvalue weighted by atomic mass is 9.78. The molecular weight excluding hydrogens is 455 g/mol. The van der Waals surface area contributed by atoms with E-state index in [1.54, 1.807) is 26.0 Å². The van der Waals surface area contributed by atoms with Gasteiger partial charge in [0.1, 0.15) is 10.8 Å². The molecule has 0 aliphatic carbocycles. The first-order chi connectivity index (χ1) is 16.3. The van der Waals surface area contributed by atoms with Crippen molar-refractivity contribution in [1.29, 1.82) is 0 Å². The van der Waals surface area contributed by atoms with E-state index >= 15 is 0 Å². The number of carbonyl (C=O) groups excluding carboxylic acids is 2. The van der Waals surface area contributed by atoms with Crippen LogP contribution in [0.3, 0.4) is 0 Å². The summed E-state index contributed by atoms with van der Waals surface area (Å²) in [6.45, 7) is 3.55. The maximum Gasteiger partial charge on any atom is 0.336 e. The van der Waals surface area contributed by atoms with E-state index in [1.807, 2.05) is 29.6 Å². The maximum atomic E-state index is 13.3. The van der Waals surface area contributed by atoms with Crippen LogP contribution in [-0.4, -0.2) is 31.1 Å². The number of carbonyl (C=O) groups is 2. The number of hydrogen-bond donors (Lipinski definition) is 1. The number of benzene rings is 2. The molecule has 34 heavy (non-hydrogen) atoms. The van der Waals surface area contributed by atoms with Crippen molar-refractivity contribution >= 4 is 23.3 Å². The summed E-state index contributed by atoms with van der Waals surface area (Å²) >= 11 is 1.43.